The standard InChI is InChI=1S/C15H20FN3O/c1-4-19-14(5-11(2)18-19)10-20-15-7-12(9-17-3)6-13(16)8-15/h5-8,17H,4,9-10H2,1-3H3. The Hall–Kier alpha value is -1.88. The fourth-order valence-electron chi connectivity index (χ4n) is 2.16. The van der Waals surface area contributed by atoms with E-state index in [4.69, 9.17) is 4.74 Å². The molecule has 0 aliphatic rings. The molecule has 0 amide bonds. The van der Waals surface area contributed by atoms with Crippen molar-refractivity contribution in [3.8, 4) is 5.75 Å². The molecule has 2 rings (SSSR count). The van der Waals surface area contributed by atoms with Gasteiger partial charge in [0, 0.05) is 19.2 Å². The van der Waals surface area contributed by atoms with Crippen LogP contribution in [0, 0.1) is 12.7 Å². The third-order valence-electron chi connectivity index (χ3n) is 2.98. The van der Waals surface area contributed by atoms with Crippen LogP contribution in [-0.2, 0) is 19.7 Å². The average Bonchev–Trinajstić information content (AvgIpc) is 2.76. The van der Waals surface area contributed by atoms with Crippen LogP contribution in [0.2, 0.25) is 0 Å². The van der Waals surface area contributed by atoms with E-state index in [9.17, 15) is 4.39 Å². The third kappa shape index (κ3) is 3.57. The van der Waals surface area contributed by atoms with Gasteiger partial charge in [-0.2, -0.15) is 5.10 Å². The Morgan fingerprint density at radius 2 is 2.10 bits per heavy atom. The van der Waals surface area contributed by atoms with Crippen LogP contribution in [0.1, 0.15) is 23.9 Å². The number of nitrogens with zero attached hydrogens (tertiary/aromatic N) is 2. The molecular weight excluding hydrogens is 257 g/mol. The van der Waals surface area contributed by atoms with Crippen LogP contribution >= 0.6 is 0 Å². The lowest BCUT2D eigenvalue weighted by Gasteiger charge is -2.09. The zero-order valence-corrected chi connectivity index (χ0v) is 12.1. The van der Waals surface area contributed by atoms with Crippen LogP contribution in [0.4, 0.5) is 4.39 Å². The second-order valence-corrected chi connectivity index (χ2v) is 4.71. The molecule has 108 valence electrons. The fourth-order valence-corrected chi connectivity index (χ4v) is 2.16. The number of nitrogens with one attached hydrogen (secondary N) is 1. The van der Waals surface area contributed by atoms with E-state index in [0.29, 0.717) is 18.9 Å². The highest BCUT2D eigenvalue weighted by Crippen LogP contribution is 2.18. The summed E-state index contributed by atoms with van der Waals surface area (Å²) < 4.78 is 21.1. The molecule has 1 aromatic heterocycles. The highest BCUT2D eigenvalue weighted by Gasteiger charge is 2.06. The van der Waals surface area contributed by atoms with Gasteiger partial charge in [0.1, 0.15) is 18.2 Å². The van der Waals surface area contributed by atoms with Crippen LogP contribution in [0.15, 0.2) is 24.3 Å². The monoisotopic (exact) mass is 277 g/mol. The van der Waals surface area contributed by atoms with Crippen molar-refractivity contribution >= 4 is 0 Å². The van der Waals surface area contributed by atoms with Gasteiger partial charge in [0.2, 0.25) is 0 Å². The maximum Gasteiger partial charge on any atom is 0.130 e. The number of benzene rings is 1. The summed E-state index contributed by atoms with van der Waals surface area (Å²) >= 11 is 0. The van der Waals surface area contributed by atoms with Crippen molar-refractivity contribution < 1.29 is 9.13 Å². The van der Waals surface area contributed by atoms with Gasteiger partial charge in [0.25, 0.3) is 0 Å². The first-order valence-electron chi connectivity index (χ1n) is 6.72. The largest absolute Gasteiger partial charge is 0.487 e. The predicted molar refractivity (Wildman–Crippen MR) is 76.1 cm³/mol. The molecule has 0 saturated heterocycles. The average molecular weight is 277 g/mol. The van der Waals surface area contributed by atoms with E-state index in [2.05, 4.69) is 10.4 Å². The molecular formula is C15H20FN3O. The van der Waals surface area contributed by atoms with E-state index in [1.807, 2.05) is 37.7 Å². The molecule has 0 saturated carbocycles. The van der Waals surface area contributed by atoms with E-state index in [1.54, 1.807) is 0 Å². The van der Waals surface area contributed by atoms with E-state index in [0.717, 1.165) is 23.5 Å². The molecule has 0 aliphatic heterocycles. The molecule has 0 spiro atoms. The normalized spacial score (nSPS) is 10.8. The van der Waals surface area contributed by atoms with Crippen LogP contribution < -0.4 is 10.1 Å². The summed E-state index contributed by atoms with van der Waals surface area (Å²) in [5.41, 5.74) is 2.81. The van der Waals surface area contributed by atoms with Crippen LogP contribution in [0.5, 0.6) is 5.75 Å². The molecule has 2 aromatic rings. The van der Waals surface area contributed by atoms with E-state index in [-0.39, 0.29) is 5.82 Å². The summed E-state index contributed by atoms with van der Waals surface area (Å²) in [6.07, 6.45) is 0. The highest BCUT2D eigenvalue weighted by molar-refractivity contribution is 5.29. The van der Waals surface area contributed by atoms with Crippen molar-refractivity contribution in [2.24, 2.45) is 0 Å². The first-order valence-corrected chi connectivity index (χ1v) is 6.72. The molecule has 4 nitrogen and oxygen atoms in total. The van der Waals surface area contributed by atoms with Gasteiger partial charge in [0.15, 0.2) is 0 Å². The van der Waals surface area contributed by atoms with Crippen molar-refractivity contribution in [2.45, 2.75) is 33.5 Å². The van der Waals surface area contributed by atoms with Gasteiger partial charge in [0.05, 0.1) is 11.4 Å². The topological polar surface area (TPSA) is 39.1 Å². The van der Waals surface area contributed by atoms with Gasteiger partial charge >= 0.3 is 0 Å². The van der Waals surface area contributed by atoms with Crippen molar-refractivity contribution in [2.75, 3.05) is 7.05 Å². The number of aryl methyl sites for hydroxylation is 2. The van der Waals surface area contributed by atoms with Gasteiger partial charge < -0.3 is 10.1 Å². The Balaban J connectivity index is 2.10. The van der Waals surface area contributed by atoms with E-state index >= 15 is 0 Å². The Labute approximate surface area is 118 Å². The number of ether oxygens (including phenoxy) is 1. The summed E-state index contributed by atoms with van der Waals surface area (Å²) in [7, 11) is 1.83. The van der Waals surface area contributed by atoms with Gasteiger partial charge in [-0.25, -0.2) is 4.39 Å². The summed E-state index contributed by atoms with van der Waals surface area (Å²) in [5, 5.41) is 7.36. The molecule has 0 fully saturated rings. The maximum absolute atomic E-state index is 13.5. The molecule has 0 radical (unpaired) electrons. The van der Waals surface area contributed by atoms with Crippen molar-refractivity contribution in [1.82, 2.24) is 15.1 Å². The lowest BCUT2D eigenvalue weighted by Crippen LogP contribution is -2.08. The van der Waals surface area contributed by atoms with Crippen molar-refractivity contribution in [1.29, 1.82) is 0 Å². The van der Waals surface area contributed by atoms with Crippen molar-refractivity contribution in [3.05, 3.63) is 47.0 Å². The van der Waals surface area contributed by atoms with Crippen LogP contribution in [0.3, 0.4) is 0 Å². The molecule has 0 atom stereocenters. The lowest BCUT2D eigenvalue weighted by atomic mass is 10.2. The molecule has 1 N–H and O–H groups in total. The minimum absolute atomic E-state index is 0.284. The second-order valence-electron chi connectivity index (χ2n) is 4.71. The Kier molecular flexibility index (Phi) is 4.74. The molecule has 0 bridgehead atoms. The first-order chi connectivity index (χ1) is 9.62. The minimum Gasteiger partial charge on any atom is -0.487 e. The molecule has 5 heteroatoms. The fraction of sp³-hybridized carbons (Fsp3) is 0.400. The molecule has 0 aliphatic carbocycles. The summed E-state index contributed by atoms with van der Waals surface area (Å²) in [6.45, 7) is 5.77. The number of rotatable bonds is 6. The molecule has 0 unspecified atom stereocenters. The number of hydrogen-bond acceptors (Lipinski definition) is 3. The smallest absolute Gasteiger partial charge is 0.130 e. The Morgan fingerprint density at radius 3 is 2.80 bits per heavy atom. The minimum atomic E-state index is -0.284. The maximum atomic E-state index is 13.5. The first kappa shape index (κ1) is 14.5. The van der Waals surface area contributed by atoms with Gasteiger partial charge in [-0.1, -0.05) is 0 Å². The van der Waals surface area contributed by atoms with Crippen LogP contribution in [-0.4, -0.2) is 16.8 Å². The third-order valence-corrected chi connectivity index (χ3v) is 2.98. The SMILES string of the molecule is CCn1nc(C)cc1COc1cc(F)cc(CNC)c1. The van der Waals surface area contributed by atoms with Gasteiger partial charge in [-0.3, -0.25) is 4.68 Å². The molecule has 1 heterocycles. The zero-order valence-electron chi connectivity index (χ0n) is 12.1. The predicted octanol–water partition coefficient (Wildman–Crippen LogP) is 2.65. The number of halogens is 1. The van der Waals surface area contributed by atoms with Gasteiger partial charge in [-0.05, 0) is 44.7 Å². The second kappa shape index (κ2) is 6.52. The molecule has 20 heavy (non-hydrogen) atoms. The summed E-state index contributed by atoms with van der Waals surface area (Å²) in [5.74, 6) is 0.254. The van der Waals surface area contributed by atoms with E-state index < -0.39 is 0 Å². The zero-order chi connectivity index (χ0) is 14.5. The molecule has 1 aromatic carbocycles. The van der Waals surface area contributed by atoms with Gasteiger partial charge in [-0.15, -0.1) is 0 Å². The number of hydrogen-bond donors (Lipinski definition) is 1. The Bertz CT molecular complexity index is 580. The lowest BCUT2D eigenvalue weighted by molar-refractivity contribution is 0.290. The van der Waals surface area contributed by atoms with E-state index in [1.165, 1.54) is 12.1 Å². The summed E-state index contributed by atoms with van der Waals surface area (Å²) in [6, 6.07) is 6.73. The highest BCUT2D eigenvalue weighted by atomic mass is 19.1. The van der Waals surface area contributed by atoms with Crippen LogP contribution in [0.25, 0.3) is 0 Å². The quantitative estimate of drug-likeness (QED) is 0.882. The Morgan fingerprint density at radius 1 is 1.30 bits per heavy atom. The summed E-state index contributed by atoms with van der Waals surface area (Å²) in [4.78, 5) is 0. The van der Waals surface area contributed by atoms with Crippen molar-refractivity contribution in [3.63, 3.8) is 0 Å². The number of aromatic nitrogens is 2.